The van der Waals surface area contributed by atoms with Gasteiger partial charge in [0.05, 0.1) is 11.7 Å². The zero-order chi connectivity index (χ0) is 19.6. The average Bonchev–Trinajstić information content (AvgIpc) is 2.93. The predicted molar refractivity (Wildman–Crippen MR) is 110 cm³/mol. The van der Waals surface area contributed by atoms with Crippen molar-refractivity contribution in [2.45, 2.75) is 47.2 Å². The minimum Gasteiger partial charge on any atom is -0.337 e. The van der Waals surface area contributed by atoms with E-state index in [2.05, 4.69) is 4.98 Å². The number of nitrogens with zero attached hydrogens (tertiary/aromatic N) is 3. The molecule has 0 bridgehead atoms. The summed E-state index contributed by atoms with van der Waals surface area (Å²) in [5, 5.41) is 0.633. The standard InChI is InChI=1S/C21H25N3O2S/c1-5-10-23(11-17-8-6-14(2)7-9-17)18(25)12-24-13-22-20-19(21(24)26)15(3)16(4)27-20/h6-9,13H,5,10-12H2,1-4H3. The lowest BCUT2D eigenvalue weighted by atomic mass is 10.1. The Morgan fingerprint density at radius 2 is 1.89 bits per heavy atom. The number of thiophene rings is 1. The quantitative estimate of drug-likeness (QED) is 0.650. The van der Waals surface area contributed by atoms with Crippen LogP contribution in [-0.4, -0.2) is 26.9 Å². The van der Waals surface area contributed by atoms with Gasteiger partial charge in [0.15, 0.2) is 0 Å². The van der Waals surface area contributed by atoms with Gasteiger partial charge >= 0.3 is 0 Å². The van der Waals surface area contributed by atoms with Crippen molar-refractivity contribution in [3.05, 3.63) is 62.5 Å². The molecule has 0 spiro atoms. The second kappa shape index (κ2) is 8.05. The van der Waals surface area contributed by atoms with E-state index in [9.17, 15) is 9.59 Å². The molecule has 1 aromatic carbocycles. The highest BCUT2D eigenvalue weighted by atomic mass is 32.1. The Bertz CT molecular complexity index is 1020. The van der Waals surface area contributed by atoms with Gasteiger partial charge in [0.2, 0.25) is 5.91 Å². The number of rotatable bonds is 6. The molecule has 5 nitrogen and oxygen atoms in total. The predicted octanol–water partition coefficient (Wildman–Crippen LogP) is 3.82. The van der Waals surface area contributed by atoms with Crippen LogP contribution in [0.1, 0.15) is 34.9 Å². The van der Waals surface area contributed by atoms with Crippen molar-refractivity contribution in [3.8, 4) is 0 Å². The van der Waals surface area contributed by atoms with Crippen LogP contribution in [-0.2, 0) is 17.9 Å². The second-order valence-electron chi connectivity index (χ2n) is 6.94. The number of fused-ring (bicyclic) bond motifs is 1. The summed E-state index contributed by atoms with van der Waals surface area (Å²) in [5.41, 5.74) is 3.11. The molecule has 2 heterocycles. The lowest BCUT2D eigenvalue weighted by molar-refractivity contribution is -0.132. The summed E-state index contributed by atoms with van der Waals surface area (Å²) in [6, 6.07) is 8.19. The highest BCUT2D eigenvalue weighted by molar-refractivity contribution is 7.18. The Kier molecular flexibility index (Phi) is 5.75. The summed E-state index contributed by atoms with van der Waals surface area (Å²) in [7, 11) is 0. The van der Waals surface area contributed by atoms with Crippen LogP contribution in [0.2, 0.25) is 0 Å². The minimum absolute atomic E-state index is 0.0158. The van der Waals surface area contributed by atoms with Gasteiger partial charge in [0, 0.05) is 18.0 Å². The molecule has 0 radical (unpaired) electrons. The van der Waals surface area contributed by atoms with Crippen molar-refractivity contribution in [1.29, 1.82) is 0 Å². The first kappa shape index (κ1) is 19.3. The van der Waals surface area contributed by atoms with Gasteiger partial charge in [-0.1, -0.05) is 36.8 Å². The summed E-state index contributed by atoms with van der Waals surface area (Å²) in [6.07, 6.45) is 2.36. The van der Waals surface area contributed by atoms with E-state index >= 15 is 0 Å². The van der Waals surface area contributed by atoms with Crippen molar-refractivity contribution >= 4 is 27.5 Å². The fourth-order valence-corrected chi connectivity index (χ4v) is 4.09. The molecule has 3 rings (SSSR count). The molecule has 1 amide bonds. The number of aromatic nitrogens is 2. The Morgan fingerprint density at radius 1 is 1.19 bits per heavy atom. The first-order valence-corrected chi connectivity index (χ1v) is 10.0. The number of hydrogen-bond acceptors (Lipinski definition) is 4. The van der Waals surface area contributed by atoms with E-state index in [-0.39, 0.29) is 18.0 Å². The highest BCUT2D eigenvalue weighted by Gasteiger charge is 2.17. The monoisotopic (exact) mass is 383 g/mol. The third-order valence-electron chi connectivity index (χ3n) is 4.80. The highest BCUT2D eigenvalue weighted by Crippen LogP contribution is 2.25. The molecule has 0 fully saturated rings. The van der Waals surface area contributed by atoms with Crippen molar-refractivity contribution in [1.82, 2.24) is 14.5 Å². The van der Waals surface area contributed by atoms with Crippen LogP contribution in [0.3, 0.4) is 0 Å². The third-order valence-corrected chi connectivity index (χ3v) is 5.92. The topological polar surface area (TPSA) is 55.2 Å². The Labute approximate surface area is 163 Å². The lowest BCUT2D eigenvalue weighted by Crippen LogP contribution is -2.36. The Balaban J connectivity index is 1.84. The zero-order valence-corrected chi connectivity index (χ0v) is 17.1. The molecule has 0 aliphatic carbocycles. The number of carbonyl (C=O) groups is 1. The van der Waals surface area contributed by atoms with E-state index in [0.29, 0.717) is 18.5 Å². The van der Waals surface area contributed by atoms with Crippen LogP contribution in [0.4, 0.5) is 0 Å². The van der Waals surface area contributed by atoms with E-state index in [1.165, 1.54) is 27.8 Å². The maximum Gasteiger partial charge on any atom is 0.262 e. The largest absolute Gasteiger partial charge is 0.337 e. The van der Waals surface area contributed by atoms with Crippen molar-refractivity contribution < 1.29 is 4.79 Å². The van der Waals surface area contributed by atoms with Crippen LogP contribution in [0.15, 0.2) is 35.4 Å². The van der Waals surface area contributed by atoms with E-state index in [4.69, 9.17) is 0 Å². The SMILES string of the molecule is CCCN(Cc1ccc(C)cc1)C(=O)Cn1cnc2sc(C)c(C)c2c1=O. The molecule has 0 aliphatic heterocycles. The first-order valence-electron chi connectivity index (χ1n) is 9.19. The van der Waals surface area contributed by atoms with Crippen molar-refractivity contribution in [2.75, 3.05) is 6.54 Å². The zero-order valence-electron chi connectivity index (χ0n) is 16.3. The summed E-state index contributed by atoms with van der Waals surface area (Å²) < 4.78 is 1.43. The molecule has 0 aliphatic rings. The molecule has 3 aromatic rings. The van der Waals surface area contributed by atoms with Crippen LogP contribution < -0.4 is 5.56 Å². The van der Waals surface area contributed by atoms with Crippen LogP contribution in [0.5, 0.6) is 0 Å². The van der Waals surface area contributed by atoms with Gasteiger partial charge in [-0.25, -0.2) is 4.98 Å². The fraction of sp³-hybridized carbons (Fsp3) is 0.381. The van der Waals surface area contributed by atoms with Gasteiger partial charge in [0.1, 0.15) is 11.4 Å². The summed E-state index contributed by atoms with van der Waals surface area (Å²) >= 11 is 1.52. The molecule has 2 aromatic heterocycles. The molecule has 27 heavy (non-hydrogen) atoms. The fourth-order valence-electron chi connectivity index (χ4n) is 3.10. The molecule has 0 unspecified atom stereocenters. The minimum atomic E-state index is -0.137. The van der Waals surface area contributed by atoms with E-state index in [0.717, 1.165) is 27.3 Å². The average molecular weight is 384 g/mol. The maximum atomic E-state index is 12.9. The molecule has 0 saturated carbocycles. The van der Waals surface area contributed by atoms with Gasteiger partial charge in [0.25, 0.3) is 5.56 Å². The summed E-state index contributed by atoms with van der Waals surface area (Å²) in [4.78, 5) is 33.8. The van der Waals surface area contributed by atoms with E-state index < -0.39 is 0 Å². The molecule has 0 atom stereocenters. The second-order valence-corrected chi connectivity index (χ2v) is 8.15. The summed E-state index contributed by atoms with van der Waals surface area (Å²) in [5.74, 6) is -0.0646. The number of benzene rings is 1. The smallest absolute Gasteiger partial charge is 0.262 e. The normalized spacial score (nSPS) is 11.1. The molecule has 0 saturated heterocycles. The number of aryl methyl sites for hydroxylation is 3. The van der Waals surface area contributed by atoms with E-state index in [1.807, 2.05) is 56.9 Å². The number of hydrogen-bond donors (Lipinski definition) is 0. The Hall–Kier alpha value is -2.47. The molecule has 142 valence electrons. The first-order chi connectivity index (χ1) is 12.9. The van der Waals surface area contributed by atoms with Gasteiger partial charge in [-0.15, -0.1) is 11.3 Å². The van der Waals surface area contributed by atoms with Gasteiger partial charge in [-0.3, -0.25) is 14.2 Å². The third kappa shape index (κ3) is 4.11. The Morgan fingerprint density at radius 3 is 2.56 bits per heavy atom. The number of amides is 1. The van der Waals surface area contributed by atoms with Gasteiger partial charge < -0.3 is 4.90 Å². The summed E-state index contributed by atoms with van der Waals surface area (Å²) in [6.45, 7) is 9.24. The van der Waals surface area contributed by atoms with Gasteiger partial charge in [-0.2, -0.15) is 0 Å². The van der Waals surface area contributed by atoms with E-state index in [1.54, 1.807) is 0 Å². The van der Waals surface area contributed by atoms with Crippen LogP contribution in [0.25, 0.3) is 10.2 Å². The van der Waals surface area contributed by atoms with Crippen LogP contribution >= 0.6 is 11.3 Å². The van der Waals surface area contributed by atoms with Crippen molar-refractivity contribution in [3.63, 3.8) is 0 Å². The van der Waals surface area contributed by atoms with Gasteiger partial charge in [-0.05, 0) is 38.3 Å². The molecular weight excluding hydrogens is 358 g/mol. The maximum absolute atomic E-state index is 12.9. The molecule has 6 heteroatoms. The molecule has 0 N–H and O–H groups in total. The van der Waals surface area contributed by atoms with Crippen LogP contribution in [0, 0.1) is 20.8 Å². The number of carbonyl (C=O) groups excluding carboxylic acids is 1. The lowest BCUT2D eigenvalue weighted by Gasteiger charge is -2.23. The van der Waals surface area contributed by atoms with Crippen molar-refractivity contribution in [2.24, 2.45) is 0 Å². The molecular formula is C21H25N3O2S.